The number of anilines is 1. The van der Waals surface area contributed by atoms with E-state index in [0.29, 0.717) is 5.69 Å². The molecule has 5 nitrogen and oxygen atoms in total. The minimum absolute atomic E-state index is 0. The van der Waals surface area contributed by atoms with Gasteiger partial charge in [-0.15, -0.1) is 0 Å². The zero-order valence-corrected chi connectivity index (χ0v) is 18.2. The predicted octanol–water partition coefficient (Wildman–Crippen LogP) is 5.54. The maximum absolute atomic E-state index is 11.1. The van der Waals surface area contributed by atoms with Crippen LogP contribution in [0.15, 0.2) is 18.2 Å². The molecule has 0 aliphatic heterocycles. The zero-order chi connectivity index (χ0) is 21.5. The molecule has 0 aliphatic rings. The van der Waals surface area contributed by atoms with Gasteiger partial charge in [0.15, 0.2) is 0 Å². The summed E-state index contributed by atoms with van der Waals surface area (Å²) in [5.74, 6) is -1.40. The molecule has 0 bridgehead atoms. The van der Waals surface area contributed by atoms with Crippen LogP contribution in [0.1, 0.15) is 112 Å². The molecule has 3 N–H and O–H groups in total. The van der Waals surface area contributed by atoms with Gasteiger partial charge in [-0.25, -0.2) is 9.59 Å². The first-order chi connectivity index (χ1) is 13.9. The van der Waals surface area contributed by atoms with E-state index in [1.165, 1.54) is 82.4 Å². The molecule has 0 saturated heterocycles. The summed E-state index contributed by atoms with van der Waals surface area (Å²) in [6, 6.07) is 4.15. The third kappa shape index (κ3) is 17.1. The molecule has 0 amide bonds. The van der Waals surface area contributed by atoms with E-state index in [4.69, 9.17) is 10.2 Å². The van der Waals surface area contributed by atoms with Gasteiger partial charge in [-0.2, -0.15) is 0 Å². The summed E-state index contributed by atoms with van der Waals surface area (Å²) in [5, 5.41) is 21.3. The third-order valence-electron chi connectivity index (χ3n) is 5.21. The molecule has 0 fully saturated rings. The molecule has 0 heterocycles. The fourth-order valence-electron chi connectivity index (χ4n) is 3.48. The second-order valence-corrected chi connectivity index (χ2v) is 8.41. The van der Waals surface area contributed by atoms with Gasteiger partial charge in [0.1, 0.15) is 0 Å². The first kappa shape index (κ1) is 33.1. The van der Waals surface area contributed by atoms with Crippen molar-refractivity contribution in [3.8, 4) is 0 Å². The second kappa shape index (κ2) is 20.6. The number of rotatable bonds is 17. The number of nitrogens with one attached hydrogen (secondary N) is 1. The van der Waals surface area contributed by atoms with E-state index >= 15 is 0 Å². The van der Waals surface area contributed by atoms with Gasteiger partial charge in [-0.1, -0.05) is 84.5 Å². The van der Waals surface area contributed by atoms with Crippen molar-refractivity contribution in [1.29, 1.82) is 0 Å². The van der Waals surface area contributed by atoms with Crippen molar-refractivity contribution in [2.75, 3.05) is 11.9 Å². The van der Waals surface area contributed by atoms with Gasteiger partial charge < -0.3 is 15.5 Å². The molecule has 0 unspecified atom stereocenters. The average Bonchev–Trinajstić information content (AvgIpc) is 2.67. The molecule has 0 saturated carbocycles. The summed E-state index contributed by atoms with van der Waals surface area (Å²) in [5.41, 5.74) is 0.537. The van der Waals surface area contributed by atoms with Gasteiger partial charge in [0, 0.05) is 12.2 Å². The van der Waals surface area contributed by atoms with E-state index in [9.17, 15) is 9.59 Å². The molecule has 168 valence electrons. The van der Waals surface area contributed by atoms with E-state index in [-0.39, 0.29) is 70.2 Å². The predicted molar refractivity (Wildman–Crippen MR) is 133 cm³/mol. The van der Waals surface area contributed by atoms with Crippen molar-refractivity contribution < 1.29 is 19.8 Å². The van der Waals surface area contributed by atoms with Crippen LogP contribution in [0.5, 0.6) is 0 Å². The van der Waals surface area contributed by atoms with Gasteiger partial charge >= 0.3 is 71.1 Å². The molecule has 0 spiro atoms. The second-order valence-electron chi connectivity index (χ2n) is 8.41. The van der Waals surface area contributed by atoms with Crippen molar-refractivity contribution in [1.82, 2.24) is 0 Å². The van der Waals surface area contributed by atoms with Crippen LogP contribution in [0.2, 0.25) is 0 Å². The first-order valence-electron chi connectivity index (χ1n) is 11.3. The van der Waals surface area contributed by atoms with E-state index in [2.05, 4.69) is 19.2 Å². The SMILES string of the molecule is CC(C)CCCCCCCCCCCCCNc1cc(C(=O)O)cc(C(=O)O)c1.[NaH].[NaH]. The standard InChI is InChI=1S/C24H39NO4.2Na.2H/c1-19(2)14-12-10-8-6-4-3-5-7-9-11-13-15-25-22-17-20(23(26)27)16-21(18-22)24(28)29;;;;/h16-19,25H,3-15H2,1-2H3,(H,26,27)(H,28,29);;;;. The molecule has 0 atom stereocenters. The Hall–Kier alpha value is -0.0400. The number of hydrogen-bond acceptors (Lipinski definition) is 3. The molecule has 0 aromatic heterocycles. The summed E-state index contributed by atoms with van der Waals surface area (Å²) in [4.78, 5) is 22.2. The van der Waals surface area contributed by atoms with E-state index in [1.807, 2.05) is 0 Å². The van der Waals surface area contributed by atoms with Crippen molar-refractivity contribution in [2.24, 2.45) is 5.92 Å². The van der Waals surface area contributed by atoms with Crippen molar-refractivity contribution in [3.05, 3.63) is 29.3 Å². The Labute approximate surface area is 232 Å². The summed E-state index contributed by atoms with van der Waals surface area (Å²) >= 11 is 0. The van der Waals surface area contributed by atoms with Crippen LogP contribution in [0.3, 0.4) is 0 Å². The summed E-state index contributed by atoms with van der Waals surface area (Å²) in [6.07, 6.45) is 15.5. The van der Waals surface area contributed by atoms with Gasteiger partial charge in [0.05, 0.1) is 11.1 Å². The summed E-state index contributed by atoms with van der Waals surface area (Å²) in [6.45, 7) is 5.31. The minimum atomic E-state index is -1.12. The van der Waals surface area contributed by atoms with Gasteiger partial charge in [0.2, 0.25) is 0 Å². The number of unbranched alkanes of at least 4 members (excludes halogenated alkanes) is 10. The maximum atomic E-state index is 11.1. The number of carboxylic acids is 2. The summed E-state index contributed by atoms with van der Waals surface area (Å²) in [7, 11) is 0. The number of aromatic carboxylic acids is 2. The molecule has 0 radical (unpaired) electrons. The Kier molecular flexibility index (Phi) is 22.0. The molecule has 1 aromatic carbocycles. The van der Waals surface area contributed by atoms with E-state index in [1.54, 1.807) is 0 Å². The van der Waals surface area contributed by atoms with Gasteiger partial charge in [0.25, 0.3) is 0 Å². The molecule has 7 heteroatoms. The normalized spacial score (nSPS) is 10.3. The van der Waals surface area contributed by atoms with Crippen molar-refractivity contribution in [3.63, 3.8) is 0 Å². The topological polar surface area (TPSA) is 86.6 Å². The van der Waals surface area contributed by atoms with Crippen LogP contribution in [-0.2, 0) is 0 Å². The van der Waals surface area contributed by atoms with Crippen LogP contribution in [0, 0.1) is 5.92 Å². The molecular formula is C24H41NNa2O4. The average molecular weight is 454 g/mol. The number of hydrogen-bond donors (Lipinski definition) is 3. The van der Waals surface area contributed by atoms with Crippen LogP contribution in [-0.4, -0.2) is 87.8 Å². The van der Waals surface area contributed by atoms with Crippen LogP contribution < -0.4 is 5.32 Å². The number of carboxylic acid groups (broad SMARTS) is 2. The van der Waals surface area contributed by atoms with Gasteiger partial charge in [-0.05, 0) is 30.5 Å². The van der Waals surface area contributed by atoms with Crippen LogP contribution >= 0.6 is 0 Å². The van der Waals surface area contributed by atoms with Gasteiger partial charge in [-0.3, -0.25) is 0 Å². The third-order valence-corrected chi connectivity index (χ3v) is 5.21. The fraction of sp³-hybridized carbons (Fsp3) is 0.667. The van der Waals surface area contributed by atoms with Crippen LogP contribution in [0.4, 0.5) is 5.69 Å². The Morgan fingerprint density at radius 2 is 1.10 bits per heavy atom. The van der Waals surface area contributed by atoms with E-state index in [0.717, 1.165) is 25.3 Å². The Balaban J connectivity index is 0. The molecule has 1 rings (SSSR count). The Morgan fingerprint density at radius 3 is 1.48 bits per heavy atom. The molecule has 0 aliphatic carbocycles. The Morgan fingerprint density at radius 1 is 0.710 bits per heavy atom. The zero-order valence-electron chi connectivity index (χ0n) is 18.2. The Bertz CT molecular complexity index is 591. The first-order valence-corrected chi connectivity index (χ1v) is 11.3. The number of benzene rings is 1. The van der Waals surface area contributed by atoms with Crippen LogP contribution in [0.25, 0.3) is 0 Å². The quantitative estimate of drug-likeness (QED) is 0.213. The van der Waals surface area contributed by atoms with Crippen molar-refractivity contribution >= 4 is 76.7 Å². The molecule has 31 heavy (non-hydrogen) atoms. The molecule has 1 aromatic rings. The fourth-order valence-corrected chi connectivity index (χ4v) is 3.48. The monoisotopic (exact) mass is 453 g/mol. The summed E-state index contributed by atoms with van der Waals surface area (Å²) < 4.78 is 0. The van der Waals surface area contributed by atoms with Crippen molar-refractivity contribution in [2.45, 2.75) is 90.9 Å². The van der Waals surface area contributed by atoms with E-state index < -0.39 is 11.9 Å². The number of carbonyl (C=O) groups is 2. The molecular weight excluding hydrogens is 412 g/mol.